The SMILES string of the molecule is CCC(C)(C)c1ccc(N)cc1Br. The molecule has 0 radical (unpaired) electrons. The van der Waals surface area contributed by atoms with Crippen molar-refractivity contribution in [3.8, 4) is 0 Å². The minimum Gasteiger partial charge on any atom is -0.399 e. The highest BCUT2D eigenvalue weighted by Crippen LogP contribution is 2.33. The van der Waals surface area contributed by atoms with Gasteiger partial charge in [-0.05, 0) is 29.5 Å². The fourth-order valence-electron chi connectivity index (χ4n) is 1.27. The Labute approximate surface area is 88.5 Å². The normalized spacial score (nSPS) is 11.7. The van der Waals surface area contributed by atoms with Crippen molar-refractivity contribution in [3.05, 3.63) is 28.2 Å². The molecular weight excluding hydrogens is 226 g/mol. The Kier molecular flexibility index (Phi) is 3.01. The van der Waals surface area contributed by atoms with Crippen molar-refractivity contribution in [3.63, 3.8) is 0 Å². The smallest absolute Gasteiger partial charge is 0.0325 e. The van der Waals surface area contributed by atoms with Gasteiger partial charge in [-0.15, -0.1) is 0 Å². The first-order chi connectivity index (χ1) is 5.97. The van der Waals surface area contributed by atoms with Crippen LogP contribution in [-0.4, -0.2) is 0 Å². The minimum atomic E-state index is 0.215. The summed E-state index contributed by atoms with van der Waals surface area (Å²) in [6, 6.07) is 6.02. The fraction of sp³-hybridized carbons (Fsp3) is 0.455. The molecule has 2 heteroatoms. The monoisotopic (exact) mass is 241 g/mol. The Morgan fingerprint density at radius 2 is 2.00 bits per heavy atom. The average molecular weight is 242 g/mol. The van der Waals surface area contributed by atoms with Gasteiger partial charge in [0.1, 0.15) is 0 Å². The summed E-state index contributed by atoms with van der Waals surface area (Å²) in [7, 11) is 0. The molecule has 0 saturated carbocycles. The maximum absolute atomic E-state index is 5.68. The number of benzene rings is 1. The molecule has 0 fully saturated rings. The van der Waals surface area contributed by atoms with Gasteiger partial charge in [-0.3, -0.25) is 0 Å². The number of anilines is 1. The lowest BCUT2D eigenvalue weighted by molar-refractivity contribution is 0.504. The molecule has 0 spiro atoms. The molecule has 0 aliphatic heterocycles. The third-order valence-electron chi connectivity index (χ3n) is 2.61. The lowest BCUT2D eigenvalue weighted by atomic mass is 9.82. The molecule has 1 rings (SSSR count). The summed E-state index contributed by atoms with van der Waals surface area (Å²) in [4.78, 5) is 0. The molecule has 2 N–H and O–H groups in total. The Hall–Kier alpha value is -0.500. The average Bonchev–Trinajstić information content (AvgIpc) is 2.03. The molecule has 0 aliphatic carbocycles. The first kappa shape index (κ1) is 10.6. The molecule has 0 atom stereocenters. The summed E-state index contributed by atoms with van der Waals surface area (Å²) >= 11 is 3.54. The highest BCUT2D eigenvalue weighted by Gasteiger charge is 2.20. The van der Waals surface area contributed by atoms with Gasteiger partial charge in [-0.1, -0.05) is 42.8 Å². The third kappa shape index (κ3) is 2.25. The molecule has 0 aliphatic rings. The maximum atomic E-state index is 5.68. The lowest BCUT2D eigenvalue weighted by Gasteiger charge is -2.24. The number of nitrogen functional groups attached to an aromatic ring is 1. The second kappa shape index (κ2) is 3.70. The van der Waals surface area contributed by atoms with E-state index in [9.17, 15) is 0 Å². The lowest BCUT2D eigenvalue weighted by Crippen LogP contribution is -2.16. The van der Waals surface area contributed by atoms with Crippen LogP contribution in [-0.2, 0) is 5.41 Å². The van der Waals surface area contributed by atoms with E-state index in [-0.39, 0.29) is 5.41 Å². The highest BCUT2D eigenvalue weighted by molar-refractivity contribution is 9.10. The topological polar surface area (TPSA) is 26.0 Å². The van der Waals surface area contributed by atoms with Crippen LogP contribution >= 0.6 is 15.9 Å². The molecule has 72 valence electrons. The number of hydrogen-bond donors (Lipinski definition) is 1. The van der Waals surface area contributed by atoms with Crippen LogP contribution in [0.3, 0.4) is 0 Å². The largest absolute Gasteiger partial charge is 0.399 e. The van der Waals surface area contributed by atoms with E-state index in [1.54, 1.807) is 0 Å². The molecule has 0 aromatic heterocycles. The number of halogens is 1. The third-order valence-corrected chi connectivity index (χ3v) is 3.26. The molecule has 1 aromatic carbocycles. The van der Waals surface area contributed by atoms with Crippen LogP contribution in [0.2, 0.25) is 0 Å². The van der Waals surface area contributed by atoms with Gasteiger partial charge in [0, 0.05) is 10.2 Å². The first-order valence-corrected chi connectivity index (χ1v) is 5.32. The Balaban J connectivity index is 3.16. The molecule has 1 aromatic rings. The number of rotatable bonds is 2. The predicted molar refractivity (Wildman–Crippen MR) is 61.9 cm³/mol. The van der Waals surface area contributed by atoms with E-state index in [1.807, 2.05) is 12.1 Å². The molecule has 0 saturated heterocycles. The van der Waals surface area contributed by atoms with Crippen molar-refractivity contribution in [2.75, 3.05) is 5.73 Å². The summed E-state index contributed by atoms with van der Waals surface area (Å²) in [6.07, 6.45) is 1.12. The molecule has 0 amide bonds. The van der Waals surface area contributed by atoms with Crippen LogP contribution in [0.1, 0.15) is 32.8 Å². The van der Waals surface area contributed by atoms with E-state index in [1.165, 1.54) is 5.56 Å². The van der Waals surface area contributed by atoms with Crippen LogP contribution in [0.4, 0.5) is 5.69 Å². The molecule has 1 nitrogen and oxygen atoms in total. The second-order valence-electron chi connectivity index (χ2n) is 3.98. The molecular formula is C11H16BrN. The van der Waals surface area contributed by atoms with Gasteiger partial charge in [-0.25, -0.2) is 0 Å². The zero-order valence-electron chi connectivity index (χ0n) is 8.39. The van der Waals surface area contributed by atoms with Crippen molar-refractivity contribution < 1.29 is 0 Å². The minimum absolute atomic E-state index is 0.215. The summed E-state index contributed by atoms with van der Waals surface area (Å²) < 4.78 is 1.11. The highest BCUT2D eigenvalue weighted by atomic mass is 79.9. The van der Waals surface area contributed by atoms with Crippen LogP contribution < -0.4 is 5.73 Å². The zero-order valence-corrected chi connectivity index (χ0v) is 9.98. The summed E-state index contributed by atoms with van der Waals surface area (Å²) in [5, 5.41) is 0. The fourth-order valence-corrected chi connectivity index (χ4v) is 2.20. The van der Waals surface area contributed by atoms with Crippen molar-refractivity contribution in [2.45, 2.75) is 32.6 Å². The Morgan fingerprint density at radius 1 is 1.38 bits per heavy atom. The zero-order chi connectivity index (χ0) is 10.1. The van der Waals surface area contributed by atoms with Crippen molar-refractivity contribution in [1.82, 2.24) is 0 Å². The standard InChI is InChI=1S/C11H16BrN/c1-4-11(2,3)9-6-5-8(13)7-10(9)12/h5-7H,4,13H2,1-3H3. The van der Waals surface area contributed by atoms with E-state index in [2.05, 4.69) is 42.8 Å². The number of nitrogens with two attached hydrogens (primary N) is 1. The maximum Gasteiger partial charge on any atom is 0.0325 e. The van der Waals surface area contributed by atoms with Gasteiger partial charge >= 0.3 is 0 Å². The van der Waals surface area contributed by atoms with Gasteiger partial charge in [0.15, 0.2) is 0 Å². The van der Waals surface area contributed by atoms with Crippen LogP contribution in [0.25, 0.3) is 0 Å². The second-order valence-corrected chi connectivity index (χ2v) is 4.83. The van der Waals surface area contributed by atoms with Crippen molar-refractivity contribution in [2.24, 2.45) is 0 Å². The van der Waals surface area contributed by atoms with Crippen LogP contribution in [0.15, 0.2) is 22.7 Å². The van der Waals surface area contributed by atoms with Gasteiger partial charge in [0.2, 0.25) is 0 Å². The van der Waals surface area contributed by atoms with Crippen LogP contribution in [0.5, 0.6) is 0 Å². The molecule has 0 bridgehead atoms. The van der Waals surface area contributed by atoms with Gasteiger partial charge in [0.05, 0.1) is 0 Å². The first-order valence-electron chi connectivity index (χ1n) is 4.53. The summed E-state index contributed by atoms with van der Waals surface area (Å²) in [5.74, 6) is 0. The van der Waals surface area contributed by atoms with E-state index < -0.39 is 0 Å². The van der Waals surface area contributed by atoms with Crippen LogP contribution in [0, 0.1) is 0 Å². The molecule has 0 unspecified atom stereocenters. The van der Waals surface area contributed by atoms with E-state index in [0.717, 1.165) is 16.6 Å². The van der Waals surface area contributed by atoms with Gasteiger partial charge in [0.25, 0.3) is 0 Å². The predicted octanol–water partition coefficient (Wildman–Crippen LogP) is 3.72. The summed E-state index contributed by atoms with van der Waals surface area (Å²) in [6.45, 7) is 6.68. The number of hydrogen-bond acceptors (Lipinski definition) is 1. The van der Waals surface area contributed by atoms with Gasteiger partial charge < -0.3 is 5.73 Å². The Bertz CT molecular complexity index is 305. The van der Waals surface area contributed by atoms with Crippen molar-refractivity contribution in [1.29, 1.82) is 0 Å². The molecule has 0 heterocycles. The van der Waals surface area contributed by atoms with Crippen molar-refractivity contribution >= 4 is 21.6 Å². The summed E-state index contributed by atoms with van der Waals surface area (Å²) in [5.41, 5.74) is 8.03. The van der Waals surface area contributed by atoms with E-state index in [0.29, 0.717) is 0 Å². The molecule has 13 heavy (non-hydrogen) atoms. The Morgan fingerprint density at radius 3 is 2.46 bits per heavy atom. The van der Waals surface area contributed by atoms with Gasteiger partial charge in [-0.2, -0.15) is 0 Å². The van der Waals surface area contributed by atoms with E-state index >= 15 is 0 Å². The quantitative estimate of drug-likeness (QED) is 0.786. The van der Waals surface area contributed by atoms with E-state index in [4.69, 9.17) is 5.73 Å².